The van der Waals surface area contributed by atoms with Gasteiger partial charge in [-0.05, 0) is 74.2 Å². The molecule has 0 bridgehead atoms. The number of carbonyl (C=O) groups is 1. The number of rotatable bonds is 13. The molecular weight excluding hydrogens is 440 g/mol. The maximum Gasteiger partial charge on any atom is 0.251 e. The normalized spacial score (nSPS) is 13.6. The third-order valence-electron chi connectivity index (χ3n) is 7.23. The summed E-state index contributed by atoms with van der Waals surface area (Å²) in [4.78, 5) is 15.1. The van der Waals surface area contributed by atoms with Gasteiger partial charge in [0.25, 0.3) is 5.91 Å². The number of anilines is 1. The Morgan fingerprint density at radius 2 is 1.28 bits per heavy atom. The largest absolute Gasteiger partial charge is 0.372 e. The van der Waals surface area contributed by atoms with Crippen molar-refractivity contribution in [3.63, 3.8) is 0 Å². The van der Waals surface area contributed by atoms with Gasteiger partial charge < -0.3 is 10.2 Å². The van der Waals surface area contributed by atoms with Crippen LogP contribution >= 0.6 is 0 Å². The lowest BCUT2D eigenvalue weighted by Crippen LogP contribution is -2.36. The molecule has 3 heteroatoms. The van der Waals surface area contributed by atoms with E-state index in [0.29, 0.717) is 11.6 Å². The Kier molecular flexibility index (Phi) is 12.5. The van der Waals surface area contributed by atoms with Crippen molar-refractivity contribution in [2.75, 3.05) is 18.0 Å². The van der Waals surface area contributed by atoms with Crippen molar-refractivity contribution >= 4 is 11.6 Å². The van der Waals surface area contributed by atoms with Crippen LogP contribution in [0.5, 0.6) is 0 Å². The fourth-order valence-electron chi connectivity index (χ4n) is 4.95. The molecule has 1 fully saturated rings. The molecule has 1 aliphatic carbocycles. The summed E-state index contributed by atoms with van der Waals surface area (Å²) in [5, 5.41) is 3.19. The van der Waals surface area contributed by atoms with Gasteiger partial charge in [-0.25, -0.2) is 0 Å². The third-order valence-corrected chi connectivity index (χ3v) is 7.23. The van der Waals surface area contributed by atoms with Crippen LogP contribution in [0, 0.1) is 11.8 Å². The number of hydrogen-bond donors (Lipinski definition) is 1. The number of nitrogens with zero attached hydrogens (tertiary/aromatic N) is 1. The molecule has 0 unspecified atom stereocenters. The van der Waals surface area contributed by atoms with Crippen molar-refractivity contribution in [3.8, 4) is 11.8 Å². The summed E-state index contributed by atoms with van der Waals surface area (Å²) in [5.74, 6) is 6.58. The summed E-state index contributed by atoms with van der Waals surface area (Å²) in [5.41, 5.74) is 3.98. The predicted octanol–water partition coefficient (Wildman–Crippen LogP) is 8.12. The van der Waals surface area contributed by atoms with E-state index in [-0.39, 0.29) is 5.91 Å². The fourth-order valence-corrected chi connectivity index (χ4v) is 4.95. The number of unbranched alkanes of at least 4 members (excludes halogenated alkanes) is 6. The van der Waals surface area contributed by atoms with E-state index in [1.807, 2.05) is 24.3 Å². The van der Waals surface area contributed by atoms with Crippen LogP contribution in [0.4, 0.5) is 5.69 Å². The zero-order valence-corrected chi connectivity index (χ0v) is 22.7. The van der Waals surface area contributed by atoms with Gasteiger partial charge in [0, 0.05) is 41.5 Å². The Labute approximate surface area is 220 Å². The molecule has 0 atom stereocenters. The maximum atomic E-state index is 12.5. The maximum absolute atomic E-state index is 12.5. The van der Waals surface area contributed by atoms with E-state index in [4.69, 9.17) is 0 Å². The van der Waals surface area contributed by atoms with E-state index in [1.54, 1.807) is 0 Å². The van der Waals surface area contributed by atoms with Crippen molar-refractivity contribution in [2.24, 2.45) is 0 Å². The van der Waals surface area contributed by atoms with E-state index < -0.39 is 0 Å². The third kappa shape index (κ3) is 9.73. The SMILES string of the molecule is CCCCCCN(CCCCCC)c1ccc(C#Cc2ccc(C(=O)NC3CCCCC3)cc2)cc1. The highest BCUT2D eigenvalue weighted by molar-refractivity contribution is 5.94. The van der Waals surface area contributed by atoms with Gasteiger partial charge in [-0.1, -0.05) is 83.5 Å². The van der Waals surface area contributed by atoms with E-state index in [2.05, 4.69) is 60.2 Å². The van der Waals surface area contributed by atoms with E-state index in [0.717, 1.165) is 37.1 Å². The van der Waals surface area contributed by atoms with Crippen LogP contribution in [0.1, 0.15) is 119 Å². The van der Waals surface area contributed by atoms with Crippen molar-refractivity contribution in [2.45, 2.75) is 103 Å². The molecule has 1 N–H and O–H groups in total. The van der Waals surface area contributed by atoms with Gasteiger partial charge in [0.2, 0.25) is 0 Å². The molecule has 1 amide bonds. The molecule has 3 nitrogen and oxygen atoms in total. The molecule has 36 heavy (non-hydrogen) atoms. The summed E-state index contributed by atoms with van der Waals surface area (Å²) < 4.78 is 0. The van der Waals surface area contributed by atoms with Crippen molar-refractivity contribution in [1.82, 2.24) is 5.32 Å². The molecule has 0 radical (unpaired) electrons. The zero-order valence-electron chi connectivity index (χ0n) is 22.7. The van der Waals surface area contributed by atoms with Gasteiger partial charge in [0.05, 0.1) is 0 Å². The smallest absolute Gasteiger partial charge is 0.251 e. The number of hydrogen-bond acceptors (Lipinski definition) is 2. The fraction of sp³-hybridized carbons (Fsp3) is 0.545. The Hall–Kier alpha value is -2.73. The van der Waals surface area contributed by atoms with Gasteiger partial charge in [0.1, 0.15) is 0 Å². The minimum absolute atomic E-state index is 0.0333. The Balaban J connectivity index is 1.56. The second kappa shape index (κ2) is 16.1. The zero-order chi connectivity index (χ0) is 25.4. The van der Waals surface area contributed by atoms with Gasteiger partial charge in [-0.3, -0.25) is 4.79 Å². The second-order valence-corrected chi connectivity index (χ2v) is 10.3. The average molecular weight is 487 g/mol. The quantitative estimate of drug-likeness (QED) is 0.229. The molecule has 1 saturated carbocycles. The van der Waals surface area contributed by atoms with Crippen LogP contribution in [-0.4, -0.2) is 25.0 Å². The minimum Gasteiger partial charge on any atom is -0.372 e. The van der Waals surface area contributed by atoms with Gasteiger partial charge >= 0.3 is 0 Å². The summed E-state index contributed by atoms with van der Waals surface area (Å²) in [6, 6.07) is 16.7. The number of nitrogens with one attached hydrogen (secondary N) is 1. The topological polar surface area (TPSA) is 32.3 Å². The highest BCUT2D eigenvalue weighted by Crippen LogP contribution is 2.19. The summed E-state index contributed by atoms with van der Waals surface area (Å²) >= 11 is 0. The Morgan fingerprint density at radius 1 is 0.750 bits per heavy atom. The lowest BCUT2D eigenvalue weighted by atomic mass is 9.95. The van der Waals surface area contributed by atoms with Crippen molar-refractivity contribution in [1.29, 1.82) is 0 Å². The molecule has 0 aromatic heterocycles. The van der Waals surface area contributed by atoms with E-state index >= 15 is 0 Å². The van der Waals surface area contributed by atoms with E-state index in [9.17, 15) is 4.79 Å². The van der Waals surface area contributed by atoms with E-state index in [1.165, 1.54) is 76.3 Å². The van der Waals surface area contributed by atoms with Crippen LogP contribution in [0.25, 0.3) is 0 Å². The first-order chi connectivity index (χ1) is 17.7. The second-order valence-electron chi connectivity index (χ2n) is 10.3. The van der Waals surface area contributed by atoms with Crippen molar-refractivity contribution < 1.29 is 4.79 Å². The van der Waals surface area contributed by atoms with Gasteiger partial charge in [-0.15, -0.1) is 0 Å². The molecule has 0 heterocycles. The first kappa shape index (κ1) is 27.9. The van der Waals surface area contributed by atoms with Crippen LogP contribution < -0.4 is 10.2 Å². The monoisotopic (exact) mass is 486 g/mol. The Morgan fingerprint density at radius 3 is 1.81 bits per heavy atom. The molecule has 1 aliphatic rings. The van der Waals surface area contributed by atoms with Crippen LogP contribution in [0.2, 0.25) is 0 Å². The first-order valence-electron chi connectivity index (χ1n) is 14.5. The molecular formula is C33H46N2O. The summed E-state index contributed by atoms with van der Waals surface area (Å²) in [6.07, 6.45) is 16.3. The summed E-state index contributed by atoms with van der Waals surface area (Å²) in [6.45, 7) is 6.81. The lowest BCUT2D eigenvalue weighted by molar-refractivity contribution is 0.0927. The molecule has 0 aliphatic heterocycles. The lowest BCUT2D eigenvalue weighted by Gasteiger charge is -2.25. The molecule has 3 rings (SSSR count). The highest BCUT2D eigenvalue weighted by Gasteiger charge is 2.16. The predicted molar refractivity (Wildman–Crippen MR) is 154 cm³/mol. The highest BCUT2D eigenvalue weighted by atomic mass is 16.1. The molecule has 0 spiro atoms. The molecule has 0 saturated heterocycles. The molecule has 2 aromatic rings. The standard InChI is InChI=1S/C33H46N2O/c1-3-5-7-12-26-35(27-13-8-6-4-2)32-24-20-29(21-25-32)17-16-28-18-22-30(23-19-28)33(36)34-31-14-10-9-11-15-31/h18-25,31H,3-15,26-27H2,1-2H3,(H,34,36). The van der Waals surface area contributed by atoms with Crippen LogP contribution in [0.15, 0.2) is 48.5 Å². The number of amides is 1. The molecule has 2 aromatic carbocycles. The summed E-state index contributed by atoms with van der Waals surface area (Å²) in [7, 11) is 0. The minimum atomic E-state index is 0.0333. The van der Waals surface area contributed by atoms with Gasteiger partial charge in [0.15, 0.2) is 0 Å². The number of carbonyl (C=O) groups excluding carboxylic acids is 1. The molecule has 194 valence electrons. The van der Waals surface area contributed by atoms with Crippen LogP contribution in [-0.2, 0) is 0 Å². The average Bonchev–Trinajstić information content (AvgIpc) is 2.92. The van der Waals surface area contributed by atoms with Crippen LogP contribution in [0.3, 0.4) is 0 Å². The first-order valence-corrected chi connectivity index (χ1v) is 14.5. The number of benzene rings is 2. The van der Waals surface area contributed by atoms with Gasteiger partial charge in [-0.2, -0.15) is 0 Å². The van der Waals surface area contributed by atoms with Crippen molar-refractivity contribution in [3.05, 3.63) is 65.2 Å². The Bertz CT molecular complexity index is 934.